The number of aryl methyl sites for hydroxylation is 3. The van der Waals surface area contributed by atoms with Crippen LogP contribution in [0, 0.1) is 20.8 Å². The van der Waals surface area contributed by atoms with E-state index in [4.69, 9.17) is 0 Å². The van der Waals surface area contributed by atoms with Crippen LogP contribution >= 0.6 is 0 Å². The quantitative estimate of drug-likeness (QED) is 0.844. The molecule has 0 aliphatic rings. The molecular weight excluding hydrogens is 340 g/mol. The van der Waals surface area contributed by atoms with Gasteiger partial charge < -0.3 is 20.4 Å². The summed E-state index contributed by atoms with van der Waals surface area (Å²) >= 11 is 0. The average molecular weight is 368 g/mol. The lowest BCUT2D eigenvalue weighted by Gasteiger charge is -2.22. The maximum atomic E-state index is 12.5. The van der Waals surface area contributed by atoms with Gasteiger partial charge in [-0.2, -0.15) is 0 Å². The van der Waals surface area contributed by atoms with E-state index in [1.54, 1.807) is 7.05 Å². The van der Waals surface area contributed by atoms with Gasteiger partial charge >= 0.3 is 6.03 Å². The molecule has 0 heterocycles. The SMILES string of the molecule is Cc1cc(C)c(NC(=O)CN(C)C(=O)Nc2ccccc2N(C)C)c(C)c1. The Morgan fingerprint density at radius 3 is 2.11 bits per heavy atom. The summed E-state index contributed by atoms with van der Waals surface area (Å²) < 4.78 is 0. The lowest BCUT2D eigenvalue weighted by molar-refractivity contribution is -0.116. The lowest BCUT2D eigenvalue weighted by Crippen LogP contribution is -2.38. The van der Waals surface area contributed by atoms with Gasteiger partial charge in [0.05, 0.1) is 11.4 Å². The molecule has 0 aromatic heterocycles. The van der Waals surface area contributed by atoms with Crippen LogP contribution < -0.4 is 15.5 Å². The Hall–Kier alpha value is -3.02. The van der Waals surface area contributed by atoms with E-state index in [9.17, 15) is 9.59 Å². The average Bonchev–Trinajstić information content (AvgIpc) is 2.58. The first-order chi connectivity index (χ1) is 12.7. The molecule has 0 radical (unpaired) electrons. The van der Waals surface area contributed by atoms with Crippen molar-refractivity contribution >= 4 is 29.0 Å². The van der Waals surface area contributed by atoms with Crippen LogP contribution in [0.5, 0.6) is 0 Å². The summed E-state index contributed by atoms with van der Waals surface area (Å²) in [4.78, 5) is 28.2. The summed E-state index contributed by atoms with van der Waals surface area (Å²) in [5, 5.41) is 5.77. The van der Waals surface area contributed by atoms with Crippen LogP contribution in [-0.4, -0.2) is 44.5 Å². The molecule has 2 N–H and O–H groups in total. The predicted molar refractivity (Wildman–Crippen MR) is 112 cm³/mol. The Kier molecular flexibility index (Phi) is 6.45. The molecule has 0 bridgehead atoms. The van der Waals surface area contributed by atoms with Gasteiger partial charge in [-0.05, 0) is 44.0 Å². The van der Waals surface area contributed by atoms with Crippen LogP contribution in [0.1, 0.15) is 16.7 Å². The zero-order chi connectivity index (χ0) is 20.1. The highest BCUT2D eigenvalue weighted by atomic mass is 16.2. The molecule has 6 nitrogen and oxygen atoms in total. The molecule has 0 unspecified atom stereocenters. The minimum absolute atomic E-state index is 0.0390. The van der Waals surface area contributed by atoms with Crippen molar-refractivity contribution in [2.75, 3.05) is 43.2 Å². The number of urea groups is 1. The number of benzene rings is 2. The molecule has 0 saturated carbocycles. The predicted octanol–water partition coefficient (Wildman–Crippen LogP) is 3.78. The summed E-state index contributed by atoms with van der Waals surface area (Å²) in [6, 6.07) is 11.2. The summed E-state index contributed by atoms with van der Waals surface area (Å²) in [5.41, 5.74) is 5.57. The second-order valence-corrected chi connectivity index (χ2v) is 7.02. The summed E-state index contributed by atoms with van der Waals surface area (Å²) in [6.07, 6.45) is 0. The van der Waals surface area contributed by atoms with E-state index in [0.717, 1.165) is 28.1 Å². The van der Waals surface area contributed by atoms with Crippen LogP contribution in [-0.2, 0) is 4.79 Å². The van der Waals surface area contributed by atoms with E-state index in [0.29, 0.717) is 5.69 Å². The van der Waals surface area contributed by atoms with Crippen molar-refractivity contribution in [1.82, 2.24) is 4.90 Å². The summed E-state index contributed by atoms with van der Waals surface area (Å²) in [5.74, 6) is -0.233. The minimum atomic E-state index is -0.336. The third-order valence-electron chi connectivity index (χ3n) is 4.30. The molecule has 2 aromatic rings. The van der Waals surface area contributed by atoms with Crippen LogP contribution in [0.3, 0.4) is 0 Å². The standard InChI is InChI=1S/C21H28N4O2/c1-14-11-15(2)20(16(3)12-14)23-19(26)13-25(6)21(27)22-17-9-7-8-10-18(17)24(4)5/h7-12H,13H2,1-6H3,(H,22,27)(H,23,26). The van der Waals surface area contributed by atoms with Crippen molar-refractivity contribution in [1.29, 1.82) is 0 Å². The molecule has 0 fully saturated rings. The maximum Gasteiger partial charge on any atom is 0.322 e. The Morgan fingerprint density at radius 1 is 0.926 bits per heavy atom. The van der Waals surface area contributed by atoms with Gasteiger partial charge in [0.25, 0.3) is 0 Å². The lowest BCUT2D eigenvalue weighted by atomic mass is 10.1. The molecular formula is C21H28N4O2. The Bertz CT molecular complexity index is 823. The number of nitrogens with zero attached hydrogens (tertiary/aromatic N) is 2. The minimum Gasteiger partial charge on any atom is -0.376 e. The van der Waals surface area contributed by atoms with Gasteiger partial charge in [0.1, 0.15) is 6.54 Å². The van der Waals surface area contributed by atoms with Gasteiger partial charge in [-0.25, -0.2) is 4.79 Å². The number of hydrogen-bond donors (Lipinski definition) is 2. The second kappa shape index (κ2) is 8.58. The van der Waals surface area contributed by atoms with Gasteiger partial charge in [-0.1, -0.05) is 29.8 Å². The van der Waals surface area contributed by atoms with Gasteiger partial charge in [-0.3, -0.25) is 4.79 Å². The van der Waals surface area contributed by atoms with Crippen molar-refractivity contribution in [3.8, 4) is 0 Å². The van der Waals surface area contributed by atoms with Crippen molar-refractivity contribution in [3.63, 3.8) is 0 Å². The van der Waals surface area contributed by atoms with E-state index in [-0.39, 0.29) is 18.5 Å². The zero-order valence-corrected chi connectivity index (χ0v) is 16.9. The van der Waals surface area contributed by atoms with Gasteiger partial charge in [0.2, 0.25) is 5.91 Å². The van der Waals surface area contributed by atoms with Crippen LogP contribution in [0.15, 0.2) is 36.4 Å². The normalized spacial score (nSPS) is 10.3. The molecule has 0 aliphatic carbocycles. The smallest absolute Gasteiger partial charge is 0.322 e. The third-order valence-corrected chi connectivity index (χ3v) is 4.30. The highest BCUT2D eigenvalue weighted by Gasteiger charge is 2.16. The molecule has 3 amide bonds. The molecule has 0 aliphatic heterocycles. The fourth-order valence-electron chi connectivity index (χ4n) is 3.02. The number of hydrogen-bond acceptors (Lipinski definition) is 3. The molecule has 2 aromatic carbocycles. The number of carbonyl (C=O) groups is 2. The van der Waals surface area contributed by atoms with Crippen molar-refractivity contribution in [3.05, 3.63) is 53.1 Å². The van der Waals surface area contributed by atoms with Gasteiger partial charge in [0, 0.05) is 26.8 Å². The van der Waals surface area contributed by atoms with E-state index in [1.807, 2.05) is 76.2 Å². The van der Waals surface area contributed by atoms with E-state index < -0.39 is 0 Å². The van der Waals surface area contributed by atoms with E-state index in [1.165, 1.54) is 4.90 Å². The number of amides is 3. The summed E-state index contributed by atoms with van der Waals surface area (Å²) in [6.45, 7) is 5.91. The molecule has 0 atom stereocenters. The molecule has 27 heavy (non-hydrogen) atoms. The first kappa shape index (κ1) is 20.3. The number of para-hydroxylation sites is 2. The van der Waals surface area contributed by atoms with Crippen molar-refractivity contribution in [2.45, 2.75) is 20.8 Å². The van der Waals surface area contributed by atoms with Crippen LogP contribution in [0.25, 0.3) is 0 Å². The third kappa shape index (κ3) is 5.23. The maximum absolute atomic E-state index is 12.5. The van der Waals surface area contributed by atoms with Crippen molar-refractivity contribution in [2.24, 2.45) is 0 Å². The number of anilines is 3. The Labute approximate surface area is 161 Å². The monoisotopic (exact) mass is 368 g/mol. The molecule has 6 heteroatoms. The Morgan fingerprint density at radius 2 is 1.52 bits per heavy atom. The molecule has 0 spiro atoms. The fraction of sp³-hybridized carbons (Fsp3) is 0.333. The first-order valence-corrected chi connectivity index (χ1v) is 8.85. The van der Waals surface area contributed by atoms with Crippen LogP contribution in [0.4, 0.5) is 21.9 Å². The number of nitrogens with one attached hydrogen (secondary N) is 2. The first-order valence-electron chi connectivity index (χ1n) is 8.85. The van der Waals surface area contributed by atoms with Crippen LogP contribution in [0.2, 0.25) is 0 Å². The zero-order valence-electron chi connectivity index (χ0n) is 16.9. The topological polar surface area (TPSA) is 64.7 Å². The van der Waals surface area contributed by atoms with E-state index >= 15 is 0 Å². The number of likely N-dealkylation sites (N-methyl/N-ethyl adjacent to an activating group) is 1. The molecule has 0 saturated heterocycles. The highest BCUT2D eigenvalue weighted by molar-refractivity contribution is 5.98. The second-order valence-electron chi connectivity index (χ2n) is 7.02. The van der Waals surface area contributed by atoms with Gasteiger partial charge in [0.15, 0.2) is 0 Å². The largest absolute Gasteiger partial charge is 0.376 e. The molecule has 2 rings (SSSR count). The number of rotatable bonds is 5. The van der Waals surface area contributed by atoms with E-state index in [2.05, 4.69) is 10.6 Å². The van der Waals surface area contributed by atoms with Crippen molar-refractivity contribution < 1.29 is 9.59 Å². The summed E-state index contributed by atoms with van der Waals surface area (Å²) in [7, 11) is 5.42. The molecule has 144 valence electrons. The fourth-order valence-corrected chi connectivity index (χ4v) is 3.02. The Balaban J connectivity index is 2.02. The highest BCUT2D eigenvalue weighted by Crippen LogP contribution is 2.24. The van der Waals surface area contributed by atoms with Gasteiger partial charge in [-0.15, -0.1) is 0 Å². The number of carbonyl (C=O) groups excluding carboxylic acids is 2.